The van der Waals surface area contributed by atoms with E-state index in [1.165, 1.54) is 50.4 Å². The van der Waals surface area contributed by atoms with Gasteiger partial charge in [0.2, 0.25) is 0 Å². The van der Waals surface area contributed by atoms with Crippen LogP contribution in [0, 0.1) is 13.8 Å². The van der Waals surface area contributed by atoms with Gasteiger partial charge in [-0.1, -0.05) is 0 Å². The summed E-state index contributed by atoms with van der Waals surface area (Å²) in [6.07, 6.45) is 2.42. The van der Waals surface area contributed by atoms with E-state index >= 15 is 0 Å². The number of guanidine groups is 1. The van der Waals surface area contributed by atoms with Crippen LogP contribution < -0.4 is 10.6 Å². The first kappa shape index (κ1) is 20.1. The molecular formula is C18H34N6S. The van der Waals surface area contributed by atoms with Crippen LogP contribution in [0.1, 0.15) is 35.3 Å². The Kier molecular flexibility index (Phi) is 8.64. The van der Waals surface area contributed by atoms with Gasteiger partial charge in [-0.15, -0.1) is 11.3 Å². The fourth-order valence-electron chi connectivity index (χ4n) is 2.95. The van der Waals surface area contributed by atoms with E-state index in [2.05, 4.69) is 53.2 Å². The molecule has 1 saturated heterocycles. The van der Waals surface area contributed by atoms with Crippen molar-refractivity contribution in [3.8, 4) is 0 Å². The van der Waals surface area contributed by atoms with E-state index < -0.39 is 0 Å². The van der Waals surface area contributed by atoms with Gasteiger partial charge in [0, 0.05) is 44.1 Å². The van der Waals surface area contributed by atoms with Crippen LogP contribution in [0.25, 0.3) is 0 Å². The van der Waals surface area contributed by atoms with Gasteiger partial charge in [0.05, 0.1) is 17.2 Å². The number of rotatable bonds is 8. The first-order valence-corrected chi connectivity index (χ1v) is 10.3. The monoisotopic (exact) mass is 366 g/mol. The van der Waals surface area contributed by atoms with Crippen LogP contribution in [0.5, 0.6) is 0 Å². The van der Waals surface area contributed by atoms with Crippen molar-refractivity contribution in [1.82, 2.24) is 25.4 Å². The van der Waals surface area contributed by atoms with E-state index in [9.17, 15) is 0 Å². The molecule has 1 aliphatic rings. The summed E-state index contributed by atoms with van der Waals surface area (Å²) in [7, 11) is 2.21. The Bertz CT molecular complexity index is 534. The minimum absolute atomic E-state index is 0.702. The smallest absolute Gasteiger partial charge is 0.191 e. The number of nitrogens with one attached hydrogen (secondary N) is 2. The lowest BCUT2D eigenvalue weighted by atomic mass is 10.2. The Morgan fingerprint density at radius 3 is 2.56 bits per heavy atom. The number of hydrogen-bond donors (Lipinski definition) is 2. The highest BCUT2D eigenvalue weighted by Crippen LogP contribution is 2.17. The number of aryl methyl sites for hydroxylation is 2. The van der Waals surface area contributed by atoms with Crippen molar-refractivity contribution in [3.05, 3.63) is 15.6 Å². The van der Waals surface area contributed by atoms with Gasteiger partial charge in [0.25, 0.3) is 0 Å². The Labute approximate surface area is 156 Å². The van der Waals surface area contributed by atoms with Crippen LogP contribution >= 0.6 is 11.3 Å². The van der Waals surface area contributed by atoms with Gasteiger partial charge >= 0.3 is 0 Å². The van der Waals surface area contributed by atoms with E-state index in [0.717, 1.165) is 29.8 Å². The maximum absolute atomic E-state index is 4.70. The summed E-state index contributed by atoms with van der Waals surface area (Å²) in [5.41, 5.74) is 1.11. The molecule has 0 bridgehead atoms. The minimum Gasteiger partial charge on any atom is -0.357 e. The molecule has 2 heterocycles. The maximum atomic E-state index is 4.70. The van der Waals surface area contributed by atoms with Crippen molar-refractivity contribution in [1.29, 1.82) is 0 Å². The molecule has 0 amide bonds. The second-order valence-corrected chi connectivity index (χ2v) is 8.00. The average molecular weight is 367 g/mol. The van der Waals surface area contributed by atoms with E-state index in [1.54, 1.807) is 11.3 Å². The molecule has 2 rings (SSSR count). The molecule has 0 spiro atoms. The second kappa shape index (κ2) is 10.7. The van der Waals surface area contributed by atoms with Crippen LogP contribution in [-0.4, -0.2) is 73.6 Å². The summed E-state index contributed by atoms with van der Waals surface area (Å²) in [5, 5.41) is 7.91. The molecule has 1 aliphatic heterocycles. The number of likely N-dealkylation sites (N-methyl/N-ethyl adjacent to an activating group) is 1. The third-order valence-electron chi connectivity index (χ3n) is 4.51. The lowest BCUT2D eigenvalue weighted by molar-refractivity contribution is 0.152. The van der Waals surface area contributed by atoms with Gasteiger partial charge in [0.1, 0.15) is 0 Å². The maximum Gasteiger partial charge on any atom is 0.191 e. The fraction of sp³-hybridized carbons (Fsp3) is 0.778. The standard InChI is InChI=1S/C18H34N6S/c1-5-19-18(21-14-17-15(2)22-16(3)25-17)20-8-6-7-9-24-12-10-23(4)11-13-24/h5-14H2,1-4H3,(H2,19,20,21). The molecule has 142 valence electrons. The number of aliphatic imine (C=N–C) groups is 1. The SMILES string of the molecule is CCNC(=NCc1sc(C)nc1C)NCCCCN1CCN(C)CC1. The molecule has 7 heteroatoms. The van der Waals surface area contributed by atoms with Gasteiger partial charge in [-0.05, 0) is 47.2 Å². The average Bonchev–Trinajstić information content (AvgIpc) is 2.91. The first-order valence-electron chi connectivity index (χ1n) is 9.44. The topological polar surface area (TPSA) is 55.8 Å². The third-order valence-corrected chi connectivity index (χ3v) is 5.57. The van der Waals surface area contributed by atoms with Crippen molar-refractivity contribution in [2.24, 2.45) is 4.99 Å². The molecule has 1 aromatic rings. The molecule has 0 aromatic carbocycles. The summed E-state index contributed by atoms with van der Waals surface area (Å²) in [6, 6.07) is 0. The van der Waals surface area contributed by atoms with Crippen LogP contribution in [0.4, 0.5) is 0 Å². The van der Waals surface area contributed by atoms with Gasteiger partial charge in [-0.3, -0.25) is 0 Å². The summed E-state index contributed by atoms with van der Waals surface area (Å²) < 4.78 is 0. The van der Waals surface area contributed by atoms with E-state index in [4.69, 9.17) is 4.99 Å². The van der Waals surface area contributed by atoms with Gasteiger partial charge < -0.3 is 20.4 Å². The molecule has 25 heavy (non-hydrogen) atoms. The number of piperazine rings is 1. The lowest BCUT2D eigenvalue weighted by Gasteiger charge is -2.32. The Morgan fingerprint density at radius 2 is 1.92 bits per heavy atom. The Balaban J connectivity index is 1.66. The van der Waals surface area contributed by atoms with Crippen molar-refractivity contribution < 1.29 is 0 Å². The lowest BCUT2D eigenvalue weighted by Crippen LogP contribution is -2.44. The van der Waals surface area contributed by atoms with E-state index in [-0.39, 0.29) is 0 Å². The van der Waals surface area contributed by atoms with Gasteiger partial charge in [-0.25, -0.2) is 9.98 Å². The molecule has 0 unspecified atom stereocenters. The van der Waals surface area contributed by atoms with Crippen LogP contribution in [0.3, 0.4) is 0 Å². The number of nitrogens with zero attached hydrogens (tertiary/aromatic N) is 4. The molecule has 1 aromatic heterocycles. The van der Waals surface area contributed by atoms with Crippen molar-refractivity contribution in [2.75, 3.05) is 52.9 Å². The normalized spacial score (nSPS) is 17.0. The molecule has 2 N–H and O–H groups in total. The van der Waals surface area contributed by atoms with Crippen LogP contribution in [0.2, 0.25) is 0 Å². The second-order valence-electron chi connectivity index (χ2n) is 6.72. The van der Waals surface area contributed by atoms with Gasteiger partial charge in [-0.2, -0.15) is 0 Å². The van der Waals surface area contributed by atoms with E-state index in [0.29, 0.717) is 6.54 Å². The summed E-state index contributed by atoms with van der Waals surface area (Å²) >= 11 is 1.74. The highest BCUT2D eigenvalue weighted by molar-refractivity contribution is 7.11. The van der Waals surface area contributed by atoms with Crippen LogP contribution in [-0.2, 0) is 6.54 Å². The quantitative estimate of drug-likeness (QED) is 0.418. The predicted octanol–water partition coefficient (Wildman–Crippen LogP) is 1.84. The zero-order valence-electron chi connectivity index (χ0n) is 16.3. The van der Waals surface area contributed by atoms with Crippen molar-refractivity contribution in [3.63, 3.8) is 0 Å². The molecular weight excluding hydrogens is 332 g/mol. The van der Waals surface area contributed by atoms with Gasteiger partial charge in [0.15, 0.2) is 5.96 Å². The number of unbranched alkanes of at least 4 members (excludes halogenated alkanes) is 1. The minimum atomic E-state index is 0.702. The molecule has 6 nitrogen and oxygen atoms in total. The highest BCUT2D eigenvalue weighted by atomic mass is 32.1. The first-order chi connectivity index (χ1) is 12.1. The number of aromatic nitrogens is 1. The molecule has 0 atom stereocenters. The summed E-state index contributed by atoms with van der Waals surface area (Å²) in [5.74, 6) is 0.910. The van der Waals surface area contributed by atoms with Crippen molar-refractivity contribution >= 4 is 17.3 Å². The van der Waals surface area contributed by atoms with E-state index in [1.807, 2.05) is 0 Å². The molecule has 1 fully saturated rings. The third kappa shape index (κ3) is 7.30. The largest absolute Gasteiger partial charge is 0.357 e. The summed E-state index contributed by atoms with van der Waals surface area (Å²) in [4.78, 5) is 15.4. The molecule has 0 saturated carbocycles. The zero-order chi connectivity index (χ0) is 18.1. The fourth-order valence-corrected chi connectivity index (χ4v) is 3.81. The Morgan fingerprint density at radius 1 is 1.16 bits per heavy atom. The highest BCUT2D eigenvalue weighted by Gasteiger charge is 2.12. The Hall–Kier alpha value is -1.18. The zero-order valence-corrected chi connectivity index (χ0v) is 17.1. The molecule has 0 radical (unpaired) electrons. The molecule has 0 aliphatic carbocycles. The predicted molar refractivity (Wildman–Crippen MR) is 108 cm³/mol. The number of thiazole rings is 1. The van der Waals surface area contributed by atoms with Crippen LogP contribution in [0.15, 0.2) is 4.99 Å². The summed E-state index contributed by atoms with van der Waals surface area (Å²) in [6.45, 7) is 14.8. The van der Waals surface area contributed by atoms with Crippen molar-refractivity contribution in [2.45, 2.75) is 40.2 Å². The number of hydrogen-bond acceptors (Lipinski definition) is 5.